The second-order valence-electron chi connectivity index (χ2n) is 8.43. The molecule has 4 rings (SSSR count). The Labute approximate surface area is 179 Å². The lowest BCUT2D eigenvalue weighted by Gasteiger charge is -2.35. The molecule has 2 saturated heterocycles. The van der Waals surface area contributed by atoms with Crippen LogP contribution in [0.1, 0.15) is 37.7 Å². The summed E-state index contributed by atoms with van der Waals surface area (Å²) in [5.74, 6) is 0.0878. The van der Waals surface area contributed by atoms with Crippen LogP contribution < -0.4 is 15.5 Å². The van der Waals surface area contributed by atoms with Crippen LogP contribution in [0, 0.1) is 0 Å². The first-order chi connectivity index (χ1) is 14.8. The van der Waals surface area contributed by atoms with Crippen LogP contribution in [0.3, 0.4) is 0 Å². The highest BCUT2D eigenvalue weighted by Gasteiger charge is 2.24. The van der Waals surface area contributed by atoms with Gasteiger partial charge in [0.1, 0.15) is 0 Å². The summed E-state index contributed by atoms with van der Waals surface area (Å²) < 4.78 is 5.47. The quantitative estimate of drug-likeness (QED) is 0.695. The van der Waals surface area contributed by atoms with E-state index in [1.54, 1.807) is 0 Å². The van der Waals surface area contributed by atoms with Crippen molar-refractivity contribution in [3.8, 4) is 0 Å². The molecule has 2 fully saturated rings. The van der Waals surface area contributed by atoms with Gasteiger partial charge in [0.2, 0.25) is 5.91 Å². The largest absolute Gasteiger partial charge is 0.380 e. The fourth-order valence-electron chi connectivity index (χ4n) is 4.41. The number of rotatable bonds is 8. The molecule has 0 aliphatic carbocycles. The van der Waals surface area contributed by atoms with Gasteiger partial charge in [0.05, 0.1) is 6.61 Å². The lowest BCUT2D eigenvalue weighted by molar-refractivity contribution is -0.116. The molecule has 1 atom stereocenters. The number of nitrogens with zero attached hydrogens (tertiary/aromatic N) is 1. The van der Waals surface area contributed by atoms with E-state index in [0.717, 1.165) is 64.1 Å². The zero-order valence-electron chi connectivity index (χ0n) is 17.7. The molecular formula is C25H33N3O2. The molecule has 0 aromatic heterocycles. The van der Waals surface area contributed by atoms with Crippen molar-refractivity contribution in [3.05, 3.63) is 60.2 Å². The molecule has 0 bridgehead atoms. The van der Waals surface area contributed by atoms with Gasteiger partial charge in [-0.05, 0) is 55.9 Å². The van der Waals surface area contributed by atoms with E-state index in [-0.39, 0.29) is 5.91 Å². The molecule has 30 heavy (non-hydrogen) atoms. The van der Waals surface area contributed by atoms with Gasteiger partial charge in [0, 0.05) is 49.6 Å². The zero-order valence-corrected chi connectivity index (χ0v) is 17.7. The third kappa shape index (κ3) is 6.07. The first kappa shape index (κ1) is 20.9. The van der Waals surface area contributed by atoms with E-state index < -0.39 is 0 Å². The number of piperidine rings is 1. The molecule has 2 heterocycles. The standard InChI is InChI=1S/C25H33N3O2/c29-25(11-4-8-20-6-2-1-3-7-20)27-22-9-5-10-24(18-22)28-15-12-21(13-16-28)26-23-14-17-30-19-23/h1-3,5-7,9-10,18,21,23,26H,4,8,11-17,19H2,(H,27,29). The predicted molar refractivity (Wildman–Crippen MR) is 122 cm³/mol. The first-order valence-corrected chi connectivity index (χ1v) is 11.3. The lowest BCUT2D eigenvalue weighted by atomic mass is 10.0. The van der Waals surface area contributed by atoms with Crippen LogP contribution in [-0.4, -0.2) is 44.3 Å². The summed E-state index contributed by atoms with van der Waals surface area (Å²) in [5, 5.41) is 6.82. The molecule has 2 aromatic carbocycles. The first-order valence-electron chi connectivity index (χ1n) is 11.3. The number of aryl methyl sites for hydroxylation is 1. The molecule has 1 unspecified atom stereocenters. The molecule has 5 heteroatoms. The van der Waals surface area contributed by atoms with Crippen molar-refractivity contribution in [3.63, 3.8) is 0 Å². The SMILES string of the molecule is O=C(CCCc1ccccc1)Nc1cccc(N2CCC(NC3CCOC3)CC2)c1. The average molecular weight is 408 g/mol. The van der Waals surface area contributed by atoms with Gasteiger partial charge in [-0.1, -0.05) is 36.4 Å². The van der Waals surface area contributed by atoms with Crippen LogP contribution in [0.15, 0.2) is 54.6 Å². The van der Waals surface area contributed by atoms with E-state index in [1.807, 2.05) is 30.3 Å². The minimum atomic E-state index is 0.0878. The summed E-state index contributed by atoms with van der Waals surface area (Å²) in [7, 11) is 0. The maximum Gasteiger partial charge on any atom is 0.224 e. The smallest absolute Gasteiger partial charge is 0.224 e. The van der Waals surface area contributed by atoms with E-state index in [0.29, 0.717) is 18.5 Å². The monoisotopic (exact) mass is 407 g/mol. The Kier molecular flexibility index (Phi) is 7.38. The maximum atomic E-state index is 12.4. The van der Waals surface area contributed by atoms with E-state index in [1.165, 1.54) is 11.3 Å². The van der Waals surface area contributed by atoms with Crippen LogP contribution in [0.2, 0.25) is 0 Å². The Balaban J connectivity index is 1.22. The molecule has 2 N–H and O–H groups in total. The molecule has 0 radical (unpaired) electrons. The van der Waals surface area contributed by atoms with Gasteiger partial charge in [0.25, 0.3) is 0 Å². The fourth-order valence-corrected chi connectivity index (χ4v) is 4.41. The third-order valence-corrected chi connectivity index (χ3v) is 6.10. The van der Waals surface area contributed by atoms with Gasteiger partial charge in [-0.25, -0.2) is 0 Å². The van der Waals surface area contributed by atoms with Crippen molar-refractivity contribution >= 4 is 17.3 Å². The van der Waals surface area contributed by atoms with E-state index in [9.17, 15) is 4.79 Å². The molecular weight excluding hydrogens is 374 g/mol. The van der Waals surface area contributed by atoms with Gasteiger partial charge >= 0.3 is 0 Å². The van der Waals surface area contributed by atoms with Crippen molar-refractivity contribution in [1.82, 2.24) is 5.32 Å². The van der Waals surface area contributed by atoms with Crippen molar-refractivity contribution < 1.29 is 9.53 Å². The lowest BCUT2D eigenvalue weighted by Crippen LogP contribution is -2.46. The summed E-state index contributed by atoms with van der Waals surface area (Å²) >= 11 is 0. The summed E-state index contributed by atoms with van der Waals surface area (Å²) in [5.41, 5.74) is 3.37. The number of anilines is 2. The third-order valence-electron chi connectivity index (χ3n) is 6.10. The summed E-state index contributed by atoms with van der Waals surface area (Å²) in [6.07, 6.45) is 5.76. The Morgan fingerprint density at radius 3 is 2.60 bits per heavy atom. The highest BCUT2D eigenvalue weighted by molar-refractivity contribution is 5.91. The van der Waals surface area contributed by atoms with Gasteiger partial charge in [-0.15, -0.1) is 0 Å². The maximum absolute atomic E-state index is 12.4. The summed E-state index contributed by atoms with van der Waals surface area (Å²) in [6.45, 7) is 3.83. The highest BCUT2D eigenvalue weighted by Crippen LogP contribution is 2.24. The molecule has 2 aliphatic rings. The number of nitrogens with one attached hydrogen (secondary N) is 2. The number of carbonyl (C=O) groups excluding carboxylic acids is 1. The topological polar surface area (TPSA) is 53.6 Å². The number of hydrogen-bond acceptors (Lipinski definition) is 4. The minimum Gasteiger partial charge on any atom is -0.380 e. The van der Waals surface area contributed by atoms with Crippen LogP contribution in [0.25, 0.3) is 0 Å². The summed E-state index contributed by atoms with van der Waals surface area (Å²) in [4.78, 5) is 14.8. The fraction of sp³-hybridized carbons (Fsp3) is 0.480. The number of ether oxygens (including phenoxy) is 1. The normalized spacial score (nSPS) is 19.7. The number of benzene rings is 2. The van der Waals surface area contributed by atoms with Crippen LogP contribution in [0.5, 0.6) is 0 Å². The van der Waals surface area contributed by atoms with Gasteiger partial charge in [-0.2, -0.15) is 0 Å². The Morgan fingerprint density at radius 2 is 1.83 bits per heavy atom. The molecule has 160 valence electrons. The van der Waals surface area contributed by atoms with Crippen LogP contribution >= 0.6 is 0 Å². The molecule has 1 amide bonds. The van der Waals surface area contributed by atoms with Gasteiger partial charge in [-0.3, -0.25) is 4.79 Å². The molecule has 2 aliphatic heterocycles. The van der Waals surface area contributed by atoms with Crippen LogP contribution in [0.4, 0.5) is 11.4 Å². The minimum absolute atomic E-state index is 0.0878. The number of amides is 1. The highest BCUT2D eigenvalue weighted by atomic mass is 16.5. The van der Waals surface area contributed by atoms with E-state index >= 15 is 0 Å². The number of carbonyl (C=O) groups is 1. The van der Waals surface area contributed by atoms with Crippen molar-refractivity contribution in [2.24, 2.45) is 0 Å². The second-order valence-corrected chi connectivity index (χ2v) is 8.43. The number of hydrogen-bond donors (Lipinski definition) is 2. The molecule has 0 saturated carbocycles. The van der Waals surface area contributed by atoms with E-state index in [4.69, 9.17) is 4.74 Å². The average Bonchev–Trinajstić information content (AvgIpc) is 3.28. The van der Waals surface area contributed by atoms with Crippen molar-refractivity contribution in [1.29, 1.82) is 0 Å². The molecule has 5 nitrogen and oxygen atoms in total. The predicted octanol–water partition coefficient (Wildman–Crippen LogP) is 4.00. The van der Waals surface area contributed by atoms with Crippen molar-refractivity contribution in [2.45, 2.75) is 50.6 Å². The Bertz CT molecular complexity index is 797. The van der Waals surface area contributed by atoms with E-state index in [2.05, 4.69) is 39.8 Å². The summed E-state index contributed by atoms with van der Waals surface area (Å²) in [6, 6.07) is 19.7. The Hall–Kier alpha value is -2.37. The van der Waals surface area contributed by atoms with Gasteiger partial charge < -0.3 is 20.3 Å². The second kappa shape index (κ2) is 10.6. The molecule has 2 aromatic rings. The zero-order chi connectivity index (χ0) is 20.6. The van der Waals surface area contributed by atoms with Crippen molar-refractivity contribution in [2.75, 3.05) is 36.5 Å². The van der Waals surface area contributed by atoms with Gasteiger partial charge in [0.15, 0.2) is 0 Å². The van der Waals surface area contributed by atoms with Crippen LogP contribution in [-0.2, 0) is 16.0 Å². The molecule has 0 spiro atoms. The Morgan fingerprint density at radius 1 is 1.00 bits per heavy atom.